The summed E-state index contributed by atoms with van der Waals surface area (Å²) >= 11 is 0. The number of aromatic hydroxyl groups is 1. The van der Waals surface area contributed by atoms with Crippen LogP contribution in [0.4, 0.5) is 0 Å². The van der Waals surface area contributed by atoms with Crippen molar-refractivity contribution in [2.75, 3.05) is 0 Å². The van der Waals surface area contributed by atoms with Crippen LogP contribution in [0, 0.1) is 29.1 Å². The number of aryl methyl sites for hydroxylation is 1. The van der Waals surface area contributed by atoms with Crippen LogP contribution < -0.4 is 11.2 Å². The molecule has 3 aliphatic carbocycles. The summed E-state index contributed by atoms with van der Waals surface area (Å²) in [5.74, 6) is 7.51. The van der Waals surface area contributed by atoms with Gasteiger partial charge in [0.1, 0.15) is 16.9 Å². The first-order valence-corrected chi connectivity index (χ1v) is 10.7. The number of hydrogen-bond acceptors (Lipinski definition) is 4. The number of aliphatic hydroxyl groups is 1. The lowest BCUT2D eigenvalue weighted by Gasteiger charge is -2.52. The molecule has 5 atom stereocenters. The van der Waals surface area contributed by atoms with Crippen LogP contribution in [0.15, 0.2) is 34.0 Å². The van der Waals surface area contributed by atoms with Crippen LogP contribution in [0.3, 0.4) is 0 Å². The molecule has 0 radical (unpaired) electrons. The molecule has 0 spiro atoms. The first-order valence-electron chi connectivity index (χ1n) is 10.7. The van der Waals surface area contributed by atoms with Gasteiger partial charge in [-0.25, -0.2) is 4.79 Å². The van der Waals surface area contributed by atoms with Crippen molar-refractivity contribution in [2.45, 2.75) is 57.0 Å². The summed E-state index contributed by atoms with van der Waals surface area (Å²) in [5.41, 5.74) is 0.185. The SMILES string of the molecule is C[C@]12CC[C@@H]3c4ccc(O)cc4CC[C@H]3[C@@H]1CC[C@@]2(O)C#Cc1c[nH]c(=O)[nH]c1=O. The summed E-state index contributed by atoms with van der Waals surface area (Å²) in [4.78, 5) is 27.8. The van der Waals surface area contributed by atoms with Gasteiger partial charge in [-0.1, -0.05) is 24.8 Å². The van der Waals surface area contributed by atoms with Crippen molar-refractivity contribution < 1.29 is 10.2 Å². The van der Waals surface area contributed by atoms with Crippen LogP contribution in [0.25, 0.3) is 0 Å². The van der Waals surface area contributed by atoms with Crippen molar-refractivity contribution in [1.29, 1.82) is 0 Å². The van der Waals surface area contributed by atoms with Crippen molar-refractivity contribution in [1.82, 2.24) is 9.97 Å². The van der Waals surface area contributed by atoms with Crippen LogP contribution in [-0.2, 0) is 6.42 Å². The second kappa shape index (κ2) is 6.61. The van der Waals surface area contributed by atoms with Crippen LogP contribution in [-0.4, -0.2) is 25.8 Å². The lowest BCUT2D eigenvalue weighted by molar-refractivity contribution is -0.0647. The van der Waals surface area contributed by atoms with Gasteiger partial charge in [-0.15, -0.1) is 0 Å². The molecule has 2 fully saturated rings. The van der Waals surface area contributed by atoms with Gasteiger partial charge in [0.15, 0.2) is 0 Å². The molecule has 1 aromatic heterocycles. The molecule has 0 bridgehead atoms. The minimum atomic E-state index is -1.15. The van der Waals surface area contributed by atoms with Gasteiger partial charge < -0.3 is 15.2 Å². The smallest absolute Gasteiger partial charge is 0.325 e. The predicted octanol–water partition coefficient (Wildman–Crippen LogP) is 2.41. The maximum Gasteiger partial charge on any atom is 0.325 e. The molecular formula is C24H26N2O4. The van der Waals surface area contributed by atoms with Crippen LogP contribution in [0.1, 0.15) is 61.6 Å². The average molecular weight is 406 g/mol. The Hall–Kier alpha value is -2.78. The van der Waals surface area contributed by atoms with Gasteiger partial charge in [-0.05, 0) is 79.5 Å². The summed E-state index contributed by atoms with van der Waals surface area (Å²) in [6.07, 6.45) is 6.67. The molecule has 2 aromatic rings. The molecule has 156 valence electrons. The van der Waals surface area contributed by atoms with E-state index in [1.165, 1.54) is 17.3 Å². The summed E-state index contributed by atoms with van der Waals surface area (Å²) in [6, 6.07) is 5.76. The maximum absolute atomic E-state index is 12.0. The highest BCUT2D eigenvalue weighted by molar-refractivity contribution is 5.41. The third-order valence-corrected chi connectivity index (χ3v) is 8.08. The Kier molecular flexibility index (Phi) is 4.23. The second-order valence-electron chi connectivity index (χ2n) is 9.39. The number of phenolic OH excluding ortho intramolecular Hbond substituents is 1. The van der Waals surface area contributed by atoms with E-state index in [0.717, 1.165) is 32.1 Å². The normalized spacial score (nSPS) is 34.3. The number of benzene rings is 1. The molecule has 4 N–H and O–H groups in total. The van der Waals surface area contributed by atoms with Gasteiger partial charge in [0.25, 0.3) is 5.56 Å². The van der Waals surface area contributed by atoms with E-state index in [4.69, 9.17) is 0 Å². The van der Waals surface area contributed by atoms with Crippen molar-refractivity contribution in [2.24, 2.45) is 17.3 Å². The van der Waals surface area contributed by atoms with E-state index in [1.807, 2.05) is 6.07 Å². The first kappa shape index (κ1) is 19.2. The zero-order valence-electron chi connectivity index (χ0n) is 17.0. The molecule has 1 heterocycles. The number of phenols is 1. The van der Waals surface area contributed by atoms with Gasteiger partial charge in [-0.3, -0.25) is 9.78 Å². The maximum atomic E-state index is 12.0. The van der Waals surface area contributed by atoms with E-state index in [0.29, 0.717) is 29.9 Å². The van der Waals surface area contributed by atoms with Gasteiger partial charge in [0.2, 0.25) is 0 Å². The van der Waals surface area contributed by atoms with Crippen molar-refractivity contribution in [3.8, 4) is 17.6 Å². The topological polar surface area (TPSA) is 106 Å². The fourth-order valence-electron chi connectivity index (χ4n) is 6.46. The predicted molar refractivity (Wildman–Crippen MR) is 112 cm³/mol. The highest BCUT2D eigenvalue weighted by Crippen LogP contribution is 2.64. The van der Waals surface area contributed by atoms with Crippen LogP contribution in [0.2, 0.25) is 0 Å². The van der Waals surface area contributed by atoms with Gasteiger partial charge in [0, 0.05) is 11.6 Å². The molecule has 0 saturated heterocycles. The monoisotopic (exact) mass is 406 g/mol. The summed E-state index contributed by atoms with van der Waals surface area (Å²) in [6.45, 7) is 2.15. The third-order valence-electron chi connectivity index (χ3n) is 8.08. The van der Waals surface area contributed by atoms with E-state index in [2.05, 4.69) is 34.8 Å². The van der Waals surface area contributed by atoms with E-state index >= 15 is 0 Å². The number of fused-ring (bicyclic) bond motifs is 5. The van der Waals surface area contributed by atoms with Crippen molar-refractivity contribution in [3.05, 3.63) is 61.9 Å². The Morgan fingerprint density at radius 1 is 1.17 bits per heavy atom. The van der Waals surface area contributed by atoms with E-state index < -0.39 is 16.9 Å². The number of hydrogen-bond donors (Lipinski definition) is 4. The quantitative estimate of drug-likeness (QED) is 0.504. The summed E-state index contributed by atoms with van der Waals surface area (Å²) in [7, 11) is 0. The molecule has 5 rings (SSSR count). The highest BCUT2D eigenvalue weighted by atomic mass is 16.3. The van der Waals surface area contributed by atoms with Gasteiger partial charge in [-0.2, -0.15) is 0 Å². The molecule has 0 amide bonds. The Morgan fingerprint density at radius 3 is 2.80 bits per heavy atom. The van der Waals surface area contributed by atoms with E-state index in [9.17, 15) is 19.8 Å². The first-order chi connectivity index (χ1) is 14.3. The zero-order valence-corrected chi connectivity index (χ0v) is 17.0. The molecule has 6 nitrogen and oxygen atoms in total. The molecule has 0 aliphatic heterocycles. The number of nitrogens with one attached hydrogen (secondary N) is 2. The fourth-order valence-corrected chi connectivity index (χ4v) is 6.46. The zero-order chi connectivity index (χ0) is 21.1. The number of aromatic nitrogens is 2. The number of aromatic amines is 2. The molecule has 3 aliphatic rings. The minimum absolute atomic E-state index is 0.162. The van der Waals surface area contributed by atoms with Crippen molar-refractivity contribution in [3.63, 3.8) is 0 Å². The average Bonchev–Trinajstić information content (AvgIpc) is 2.98. The molecule has 6 heteroatoms. The molecule has 30 heavy (non-hydrogen) atoms. The minimum Gasteiger partial charge on any atom is -0.508 e. The standard InChI is InChI=1S/C24H26N2O4/c1-23-9-7-18-17-5-3-16(27)12-14(17)2-4-19(18)20(23)8-11-24(23,30)10-6-15-13-25-22(29)26-21(15)28/h3,5,12-13,18-20,27,30H,2,4,7-9,11H2,1H3,(H2,25,26,28,29)/t18-,19-,20+,23+,24+/m1/s1. The second-order valence-corrected chi connectivity index (χ2v) is 9.39. The van der Waals surface area contributed by atoms with Crippen molar-refractivity contribution >= 4 is 0 Å². The van der Waals surface area contributed by atoms with Gasteiger partial charge >= 0.3 is 5.69 Å². The van der Waals surface area contributed by atoms with Crippen LogP contribution in [0.5, 0.6) is 5.75 Å². The van der Waals surface area contributed by atoms with E-state index in [1.54, 1.807) is 6.07 Å². The summed E-state index contributed by atoms with van der Waals surface area (Å²) in [5, 5.41) is 21.4. The Balaban J connectivity index is 1.47. The molecule has 2 saturated carbocycles. The lowest BCUT2D eigenvalue weighted by Crippen LogP contribution is -2.50. The molecular weight excluding hydrogens is 380 g/mol. The third kappa shape index (κ3) is 2.76. The Labute approximate surface area is 174 Å². The highest BCUT2D eigenvalue weighted by Gasteiger charge is 2.61. The summed E-state index contributed by atoms with van der Waals surface area (Å²) < 4.78 is 0. The largest absolute Gasteiger partial charge is 0.508 e. The lowest BCUT2D eigenvalue weighted by atomic mass is 9.53. The number of rotatable bonds is 0. The molecule has 0 unspecified atom stereocenters. The molecule has 1 aromatic carbocycles. The van der Waals surface area contributed by atoms with Crippen LogP contribution >= 0.6 is 0 Å². The van der Waals surface area contributed by atoms with Gasteiger partial charge in [0.05, 0.1) is 0 Å². The number of H-pyrrole nitrogens is 2. The Bertz CT molecular complexity index is 1190. The Morgan fingerprint density at radius 2 is 2.00 bits per heavy atom. The fraction of sp³-hybridized carbons (Fsp3) is 0.500. The van der Waals surface area contributed by atoms with E-state index in [-0.39, 0.29) is 11.0 Å².